The van der Waals surface area contributed by atoms with Gasteiger partial charge in [-0.1, -0.05) is 41.4 Å². The quantitative estimate of drug-likeness (QED) is 0.805. The molecular formula is C17H15ClO3S. The lowest BCUT2D eigenvalue weighted by atomic mass is 10.1. The van der Waals surface area contributed by atoms with Crippen LogP contribution in [-0.4, -0.2) is 20.0 Å². The lowest BCUT2D eigenvalue weighted by Gasteiger charge is -2.05. The van der Waals surface area contributed by atoms with Crippen molar-refractivity contribution in [1.29, 1.82) is 0 Å². The molecule has 0 saturated heterocycles. The molecule has 2 aromatic carbocycles. The molecular weight excluding hydrogens is 320 g/mol. The highest BCUT2D eigenvalue weighted by atomic mass is 35.5. The van der Waals surface area contributed by atoms with Crippen LogP contribution >= 0.6 is 11.6 Å². The number of carbonyl (C=O) groups is 1. The minimum atomic E-state index is -3.53. The predicted octanol–water partition coefficient (Wildman–Crippen LogP) is 3.40. The monoisotopic (exact) mass is 334 g/mol. The van der Waals surface area contributed by atoms with Crippen LogP contribution < -0.4 is 0 Å². The molecule has 22 heavy (non-hydrogen) atoms. The topological polar surface area (TPSA) is 51.2 Å². The van der Waals surface area contributed by atoms with Gasteiger partial charge in [-0.3, -0.25) is 0 Å². The molecule has 3 nitrogen and oxygen atoms in total. The lowest BCUT2D eigenvalue weighted by Crippen LogP contribution is -2.11. The maximum absolute atomic E-state index is 12.8. The van der Waals surface area contributed by atoms with Crippen LogP contribution in [0.3, 0.4) is 0 Å². The highest BCUT2D eigenvalue weighted by Crippen LogP contribution is 2.53. The third kappa shape index (κ3) is 2.57. The van der Waals surface area contributed by atoms with Crippen LogP contribution in [0.2, 0.25) is 5.02 Å². The first-order chi connectivity index (χ1) is 10.4. The Morgan fingerprint density at radius 2 is 1.77 bits per heavy atom. The van der Waals surface area contributed by atoms with Crippen LogP contribution in [0.15, 0.2) is 53.4 Å². The van der Waals surface area contributed by atoms with E-state index < -0.39 is 21.0 Å². The molecule has 0 radical (unpaired) electrons. The Labute approximate surface area is 134 Å². The van der Waals surface area contributed by atoms with Crippen molar-refractivity contribution in [3.05, 3.63) is 64.7 Å². The maximum atomic E-state index is 12.8. The molecule has 3 atom stereocenters. The van der Waals surface area contributed by atoms with E-state index >= 15 is 0 Å². The van der Waals surface area contributed by atoms with Crippen LogP contribution in [0.5, 0.6) is 0 Å². The third-order valence-corrected chi connectivity index (χ3v) is 6.59. The molecule has 1 aliphatic rings. The molecule has 0 bridgehead atoms. The Bertz CT molecular complexity index is 812. The van der Waals surface area contributed by atoms with Gasteiger partial charge in [-0.25, -0.2) is 8.42 Å². The van der Waals surface area contributed by atoms with Gasteiger partial charge in [-0.05, 0) is 36.8 Å². The molecule has 1 saturated carbocycles. The molecule has 0 aromatic heterocycles. The maximum Gasteiger partial charge on any atom is 0.182 e. The van der Waals surface area contributed by atoms with Crippen molar-refractivity contribution in [2.75, 3.05) is 0 Å². The Morgan fingerprint density at radius 1 is 1.09 bits per heavy atom. The summed E-state index contributed by atoms with van der Waals surface area (Å²) < 4.78 is 25.5. The second-order valence-corrected chi connectivity index (χ2v) is 8.16. The molecule has 1 aliphatic carbocycles. The average Bonchev–Trinajstić information content (AvgIpc) is 3.23. The Kier molecular flexibility index (Phi) is 3.83. The van der Waals surface area contributed by atoms with E-state index in [0.29, 0.717) is 5.02 Å². The van der Waals surface area contributed by atoms with Gasteiger partial charge in [-0.2, -0.15) is 0 Å². The van der Waals surface area contributed by atoms with E-state index in [-0.39, 0.29) is 10.8 Å². The summed E-state index contributed by atoms with van der Waals surface area (Å²) in [5.41, 5.74) is 1.79. The molecule has 2 aromatic rings. The fourth-order valence-corrected chi connectivity index (χ4v) is 5.19. The zero-order valence-electron chi connectivity index (χ0n) is 11.9. The van der Waals surface area contributed by atoms with Crippen LogP contribution in [0, 0.1) is 12.8 Å². The van der Waals surface area contributed by atoms with Crippen molar-refractivity contribution in [1.82, 2.24) is 0 Å². The van der Waals surface area contributed by atoms with E-state index in [1.54, 1.807) is 42.5 Å². The number of carbonyl (C=O) groups excluding carboxylic acids is 1. The van der Waals surface area contributed by atoms with E-state index in [2.05, 4.69) is 0 Å². The van der Waals surface area contributed by atoms with Gasteiger partial charge in [0.1, 0.15) is 6.29 Å². The van der Waals surface area contributed by atoms with Gasteiger partial charge in [0.05, 0.1) is 10.1 Å². The number of aldehydes is 1. The van der Waals surface area contributed by atoms with Gasteiger partial charge in [-0.15, -0.1) is 0 Å². The summed E-state index contributed by atoms with van der Waals surface area (Å²) in [6.07, 6.45) is 0.738. The minimum absolute atomic E-state index is 0.263. The van der Waals surface area contributed by atoms with Crippen molar-refractivity contribution >= 4 is 27.7 Å². The second kappa shape index (κ2) is 5.52. The van der Waals surface area contributed by atoms with Gasteiger partial charge >= 0.3 is 0 Å². The summed E-state index contributed by atoms with van der Waals surface area (Å²) in [5.74, 6) is -0.827. The number of sulfone groups is 1. The molecule has 114 valence electrons. The van der Waals surface area contributed by atoms with E-state index in [0.717, 1.165) is 17.4 Å². The molecule has 3 rings (SSSR count). The van der Waals surface area contributed by atoms with Gasteiger partial charge in [0.2, 0.25) is 0 Å². The number of benzene rings is 2. The number of hydrogen-bond acceptors (Lipinski definition) is 3. The SMILES string of the molecule is Cc1ccc(S(=O)(=O)C2C(C=O)C2c2cccc(Cl)c2)cc1. The normalized spacial score (nSPS) is 24.0. The van der Waals surface area contributed by atoms with Gasteiger partial charge in [0.25, 0.3) is 0 Å². The van der Waals surface area contributed by atoms with E-state index in [1.807, 2.05) is 13.0 Å². The molecule has 1 fully saturated rings. The standard InChI is InChI=1S/C17H15ClO3S/c1-11-5-7-14(8-6-11)22(20,21)17-15(10-19)16(17)12-3-2-4-13(18)9-12/h2-10,15-17H,1H3. The van der Waals surface area contributed by atoms with Crippen LogP contribution in [0.4, 0.5) is 0 Å². The first-order valence-electron chi connectivity index (χ1n) is 6.96. The van der Waals surface area contributed by atoms with E-state index in [4.69, 9.17) is 11.6 Å². The first-order valence-corrected chi connectivity index (χ1v) is 8.89. The fourth-order valence-electron chi connectivity index (χ4n) is 2.88. The number of hydrogen-bond donors (Lipinski definition) is 0. The smallest absolute Gasteiger partial charge is 0.182 e. The molecule has 0 spiro atoms. The third-order valence-electron chi connectivity index (χ3n) is 4.11. The van der Waals surface area contributed by atoms with Gasteiger partial charge < -0.3 is 4.79 Å². The lowest BCUT2D eigenvalue weighted by molar-refractivity contribution is -0.108. The number of halogens is 1. The summed E-state index contributed by atoms with van der Waals surface area (Å²) in [6.45, 7) is 1.90. The zero-order chi connectivity index (χ0) is 15.9. The summed E-state index contributed by atoms with van der Waals surface area (Å²) >= 11 is 5.97. The second-order valence-electron chi connectivity index (χ2n) is 5.62. The van der Waals surface area contributed by atoms with Crippen molar-refractivity contribution in [2.45, 2.75) is 23.0 Å². The van der Waals surface area contributed by atoms with Gasteiger partial charge in [0.15, 0.2) is 9.84 Å². The van der Waals surface area contributed by atoms with E-state index in [1.165, 1.54) is 0 Å². The van der Waals surface area contributed by atoms with Crippen LogP contribution in [0.25, 0.3) is 0 Å². The summed E-state index contributed by atoms with van der Waals surface area (Å²) in [4.78, 5) is 11.5. The highest BCUT2D eigenvalue weighted by molar-refractivity contribution is 7.92. The Balaban J connectivity index is 1.97. The zero-order valence-corrected chi connectivity index (χ0v) is 13.5. The molecule has 0 amide bonds. The van der Waals surface area contributed by atoms with E-state index in [9.17, 15) is 13.2 Å². The Morgan fingerprint density at radius 3 is 2.36 bits per heavy atom. The fraction of sp³-hybridized carbons (Fsp3) is 0.235. The summed E-state index contributed by atoms with van der Waals surface area (Å²) in [6, 6.07) is 13.8. The average molecular weight is 335 g/mol. The van der Waals surface area contributed by atoms with Crippen molar-refractivity contribution < 1.29 is 13.2 Å². The van der Waals surface area contributed by atoms with Crippen LogP contribution in [-0.2, 0) is 14.6 Å². The largest absolute Gasteiger partial charge is 0.303 e. The summed E-state index contributed by atoms with van der Waals surface area (Å²) in [5, 5.41) is -0.160. The van der Waals surface area contributed by atoms with Crippen molar-refractivity contribution in [3.8, 4) is 0 Å². The number of aryl methyl sites for hydroxylation is 1. The summed E-state index contributed by atoms with van der Waals surface area (Å²) in [7, 11) is -3.53. The number of rotatable bonds is 4. The molecule has 0 heterocycles. The highest BCUT2D eigenvalue weighted by Gasteiger charge is 2.59. The van der Waals surface area contributed by atoms with Crippen molar-refractivity contribution in [3.63, 3.8) is 0 Å². The molecule has 0 N–H and O–H groups in total. The molecule has 3 unspecified atom stereocenters. The predicted molar refractivity (Wildman–Crippen MR) is 85.9 cm³/mol. The van der Waals surface area contributed by atoms with Gasteiger partial charge in [0, 0.05) is 16.9 Å². The van der Waals surface area contributed by atoms with Crippen LogP contribution in [0.1, 0.15) is 17.0 Å². The minimum Gasteiger partial charge on any atom is -0.303 e. The molecule has 0 aliphatic heterocycles. The Hall–Kier alpha value is -1.65. The first kappa shape index (κ1) is 15.3. The molecule has 5 heteroatoms. The van der Waals surface area contributed by atoms with Crippen molar-refractivity contribution in [2.24, 2.45) is 5.92 Å².